The highest BCUT2D eigenvalue weighted by molar-refractivity contribution is 6.30. The number of nitrogens with zero attached hydrogens (tertiary/aromatic N) is 1. The van der Waals surface area contributed by atoms with Crippen LogP contribution >= 0.6 is 11.6 Å². The standard InChI is InChI=1S/C27H31ClN2O6/c1-25(2,3)35-22(31)16-27(23(32)33,17-10-12-18(28)13-11-17)30-15-14-19-20(8-7-9-21(19)30)29-24(34)36-26(4,5)6/h7-15H,16H2,1-6H3,(H,29,34)(H,32,33). The van der Waals surface area contributed by atoms with Crippen molar-refractivity contribution in [2.45, 2.75) is 64.7 Å². The number of fused-ring (bicyclic) bond motifs is 1. The van der Waals surface area contributed by atoms with Crippen LogP contribution in [0.3, 0.4) is 0 Å². The summed E-state index contributed by atoms with van der Waals surface area (Å²) in [5.41, 5.74) is -2.07. The summed E-state index contributed by atoms with van der Waals surface area (Å²) in [4.78, 5) is 38.4. The maximum Gasteiger partial charge on any atom is 0.412 e. The second-order valence-electron chi connectivity index (χ2n) is 10.5. The number of aromatic nitrogens is 1. The van der Waals surface area contributed by atoms with Crippen LogP contribution in [0, 0.1) is 0 Å². The molecule has 1 unspecified atom stereocenters. The molecule has 3 rings (SSSR count). The molecule has 1 amide bonds. The van der Waals surface area contributed by atoms with E-state index in [2.05, 4.69) is 5.32 Å². The highest BCUT2D eigenvalue weighted by Crippen LogP contribution is 2.38. The lowest BCUT2D eigenvalue weighted by Crippen LogP contribution is -2.45. The molecule has 0 aliphatic rings. The summed E-state index contributed by atoms with van der Waals surface area (Å²) in [6.07, 6.45) is 0.464. The number of amides is 1. The van der Waals surface area contributed by atoms with E-state index >= 15 is 0 Å². The van der Waals surface area contributed by atoms with Gasteiger partial charge in [0, 0.05) is 16.6 Å². The molecule has 0 bridgehead atoms. The van der Waals surface area contributed by atoms with Crippen molar-refractivity contribution < 1.29 is 29.0 Å². The number of aliphatic carboxylic acids is 1. The first-order valence-electron chi connectivity index (χ1n) is 11.4. The van der Waals surface area contributed by atoms with E-state index in [1.165, 1.54) is 4.57 Å². The van der Waals surface area contributed by atoms with Crippen LogP contribution in [0.2, 0.25) is 5.02 Å². The van der Waals surface area contributed by atoms with E-state index in [0.29, 0.717) is 27.2 Å². The zero-order chi connectivity index (χ0) is 26.9. The molecule has 0 aliphatic carbocycles. The van der Waals surface area contributed by atoms with E-state index in [1.807, 2.05) is 0 Å². The highest BCUT2D eigenvalue weighted by atomic mass is 35.5. The van der Waals surface area contributed by atoms with Gasteiger partial charge in [-0.15, -0.1) is 0 Å². The molecule has 1 atom stereocenters. The summed E-state index contributed by atoms with van der Waals surface area (Å²) in [5.74, 6) is -1.93. The summed E-state index contributed by atoms with van der Waals surface area (Å²) >= 11 is 6.07. The summed E-state index contributed by atoms with van der Waals surface area (Å²) in [7, 11) is 0. The van der Waals surface area contributed by atoms with Gasteiger partial charge in [-0.2, -0.15) is 0 Å². The van der Waals surface area contributed by atoms with Crippen LogP contribution in [0.25, 0.3) is 10.9 Å². The van der Waals surface area contributed by atoms with Gasteiger partial charge in [0.2, 0.25) is 0 Å². The number of benzene rings is 2. The van der Waals surface area contributed by atoms with E-state index in [9.17, 15) is 19.5 Å². The van der Waals surface area contributed by atoms with Crippen molar-refractivity contribution in [2.24, 2.45) is 0 Å². The molecule has 1 heterocycles. The molecule has 2 aromatic carbocycles. The number of rotatable bonds is 6. The van der Waals surface area contributed by atoms with Gasteiger partial charge < -0.3 is 19.1 Å². The van der Waals surface area contributed by atoms with E-state index in [4.69, 9.17) is 21.1 Å². The number of carboxylic acids is 1. The minimum atomic E-state index is -1.85. The third-order valence-corrected chi connectivity index (χ3v) is 5.53. The molecule has 0 saturated heterocycles. The number of carbonyl (C=O) groups excluding carboxylic acids is 2. The predicted molar refractivity (Wildman–Crippen MR) is 138 cm³/mol. The Bertz CT molecular complexity index is 1280. The van der Waals surface area contributed by atoms with Crippen LogP contribution in [0.1, 0.15) is 53.5 Å². The van der Waals surface area contributed by atoms with Crippen molar-refractivity contribution in [3.63, 3.8) is 0 Å². The molecule has 1 aromatic heterocycles. The Labute approximate surface area is 215 Å². The van der Waals surface area contributed by atoms with Crippen LogP contribution in [-0.2, 0) is 24.6 Å². The van der Waals surface area contributed by atoms with E-state index in [-0.39, 0.29) is 0 Å². The van der Waals surface area contributed by atoms with Crippen molar-refractivity contribution in [1.29, 1.82) is 0 Å². The van der Waals surface area contributed by atoms with E-state index in [0.717, 1.165) is 0 Å². The Morgan fingerprint density at radius 2 is 1.53 bits per heavy atom. The van der Waals surface area contributed by atoms with Crippen molar-refractivity contribution in [3.8, 4) is 0 Å². The minimum absolute atomic E-state index is 0.341. The third kappa shape index (κ3) is 5.99. The molecule has 192 valence electrons. The van der Waals surface area contributed by atoms with Gasteiger partial charge in [-0.05, 0) is 77.4 Å². The number of nitrogens with one attached hydrogen (secondary N) is 1. The Kier molecular flexibility index (Phi) is 7.41. The fourth-order valence-electron chi connectivity index (χ4n) is 3.96. The molecular formula is C27H31ClN2O6. The lowest BCUT2D eigenvalue weighted by molar-refractivity contribution is -0.162. The quantitative estimate of drug-likeness (QED) is 0.379. The fraction of sp³-hybridized carbons (Fsp3) is 0.370. The summed E-state index contributed by atoms with van der Waals surface area (Å²) in [5, 5.41) is 14.3. The number of carboxylic acid groups (broad SMARTS) is 1. The smallest absolute Gasteiger partial charge is 0.412 e. The number of carbonyl (C=O) groups is 3. The largest absolute Gasteiger partial charge is 0.479 e. The van der Waals surface area contributed by atoms with Crippen LogP contribution < -0.4 is 5.32 Å². The van der Waals surface area contributed by atoms with Gasteiger partial charge in [0.15, 0.2) is 5.54 Å². The molecule has 0 fully saturated rings. The van der Waals surface area contributed by atoms with Crippen molar-refractivity contribution in [2.75, 3.05) is 5.32 Å². The van der Waals surface area contributed by atoms with Gasteiger partial charge in [0.25, 0.3) is 0 Å². The van der Waals surface area contributed by atoms with Gasteiger partial charge in [0.05, 0.1) is 17.6 Å². The molecule has 9 heteroatoms. The van der Waals surface area contributed by atoms with Crippen LogP contribution in [0.5, 0.6) is 0 Å². The van der Waals surface area contributed by atoms with E-state index < -0.39 is 41.2 Å². The van der Waals surface area contributed by atoms with Gasteiger partial charge in [-0.1, -0.05) is 29.8 Å². The number of anilines is 1. The van der Waals surface area contributed by atoms with Crippen LogP contribution in [0.15, 0.2) is 54.7 Å². The zero-order valence-corrected chi connectivity index (χ0v) is 22.0. The lowest BCUT2D eigenvalue weighted by Gasteiger charge is -2.33. The summed E-state index contributed by atoms with van der Waals surface area (Å²) in [6, 6.07) is 13.1. The Morgan fingerprint density at radius 3 is 2.08 bits per heavy atom. The minimum Gasteiger partial charge on any atom is -0.479 e. The zero-order valence-electron chi connectivity index (χ0n) is 21.2. The highest BCUT2D eigenvalue weighted by Gasteiger charge is 2.46. The number of esters is 1. The molecule has 2 N–H and O–H groups in total. The van der Waals surface area contributed by atoms with Crippen LogP contribution in [-0.4, -0.2) is 38.9 Å². The molecule has 0 radical (unpaired) electrons. The average Bonchev–Trinajstić information content (AvgIpc) is 3.15. The summed E-state index contributed by atoms with van der Waals surface area (Å²) in [6.45, 7) is 10.4. The normalized spacial score (nSPS) is 13.6. The average molecular weight is 515 g/mol. The number of halogens is 1. The number of ether oxygens (including phenoxy) is 2. The molecule has 0 saturated carbocycles. The van der Waals surface area contributed by atoms with Crippen molar-refractivity contribution in [1.82, 2.24) is 4.57 Å². The molecule has 0 aliphatic heterocycles. The third-order valence-electron chi connectivity index (χ3n) is 5.28. The first kappa shape index (κ1) is 27.1. The number of hydrogen-bond acceptors (Lipinski definition) is 5. The van der Waals surface area contributed by atoms with Gasteiger partial charge >= 0.3 is 18.0 Å². The maximum absolute atomic E-state index is 13.0. The monoisotopic (exact) mass is 514 g/mol. The van der Waals surface area contributed by atoms with Crippen LogP contribution in [0.4, 0.5) is 10.5 Å². The summed E-state index contributed by atoms with van der Waals surface area (Å²) < 4.78 is 12.4. The molecule has 36 heavy (non-hydrogen) atoms. The second-order valence-corrected chi connectivity index (χ2v) is 10.9. The molecule has 8 nitrogen and oxygen atoms in total. The van der Waals surface area contributed by atoms with Crippen molar-refractivity contribution >= 4 is 46.2 Å². The Hall–Kier alpha value is -3.52. The Morgan fingerprint density at radius 1 is 0.917 bits per heavy atom. The topological polar surface area (TPSA) is 107 Å². The number of hydrogen-bond donors (Lipinski definition) is 2. The predicted octanol–water partition coefficient (Wildman–Crippen LogP) is 6.20. The second kappa shape index (κ2) is 9.85. The SMILES string of the molecule is CC(C)(C)OC(=O)CC(C(=O)O)(c1ccc(Cl)cc1)n1ccc2c(NC(=O)OC(C)(C)C)cccc21. The van der Waals surface area contributed by atoms with Gasteiger partial charge in [0.1, 0.15) is 11.2 Å². The van der Waals surface area contributed by atoms with Gasteiger partial charge in [-0.25, -0.2) is 9.59 Å². The molecule has 0 spiro atoms. The first-order chi connectivity index (χ1) is 16.6. The lowest BCUT2D eigenvalue weighted by atomic mass is 9.85. The molecule has 3 aromatic rings. The van der Waals surface area contributed by atoms with Crippen molar-refractivity contribution in [3.05, 3.63) is 65.3 Å². The first-order valence-corrected chi connectivity index (χ1v) is 11.8. The Balaban J connectivity index is 2.18. The molecular weight excluding hydrogens is 484 g/mol. The van der Waals surface area contributed by atoms with E-state index in [1.54, 1.807) is 96.3 Å². The van der Waals surface area contributed by atoms with Gasteiger partial charge in [-0.3, -0.25) is 10.1 Å². The fourth-order valence-corrected chi connectivity index (χ4v) is 4.09. The maximum atomic E-state index is 13.0.